The fourth-order valence-corrected chi connectivity index (χ4v) is 7.29. The molecule has 0 amide bonds. The molecular weight excluding hydrogens is 487 g/mol. The molecule has 0 aliphatic heterocycles. The third-order valence-corrected chi connectivity index (χ3v) is 8.48. The summed E-state index contributed by atoms with van der Waals surface area (Å²) in [5.41, 5.74) is 7.86. The van der Waals surface area contributed by atoms with Crippen LogP contribution < -0.4 is 0 Å². The summed E-state index contributed by atoms with van der Waals surface area (Å²) in [4.78, 5) is 25.1. The number of halogens is 2. The average molecular weight is 511 g/mol. The lowest BCUT2D eigenvalue weighted by Gasteiger charge is -2.37. The molecule has 0 unspecified atom stereocenters. The highest BCUT2D eigenvalue weighted by Gasteiger charge is 2.49. The van der Waals surface area contributed by atoms with E-state index in [1.807, 2.05) is 48.5 Å². The number of carbonyl (C=O) groups excluding carboxylic acids is 2. The molecule has 36 heavy (non-hydrogen) atoms. The summed E-state index contributed by atoms with van der Waals surface area (Å²) in [7, 11) is 0. The molecule has 2 nitrogen and oxygen atoms in total. The number of fused-ring (bicyclic) bond motifs is 6. The Hall–Kier alpha value is -3.20. The van der Waals surface area contributed by atoms with Crippen LogP contribution in [0.2, 0.25) is 0 Å². The zero-order valence-electron chi connectivity index (χ0n) is 19.6. The van der Waals surface area contributed by atoms with Crippen molar-refractivity contribution in [1.29, 1.82) is 0 Å². The van der Waals surface area contributed by atoms with Gasteiger partial charge in [0, 0.05) is 23.7 Å². The zero-order chi connectivity index (χ0) is 24.9. The Morgan fingerprint density at radius 2 is 0.722 bits per heavy atom. The van der Waals surface area contributed by atoms with E-state index in [-0.39, 0.29) is 23.3 Å². The standard InChI is InChI=1S/C32H24Cl2O2/c33-29(35)19-31(25-13-5-1-9-21(25)22-10-2-6-14-26(22)31)17-18-32(20-30(34)36)27-15-7-3-11-23(27)24-12-4-8-16-28(24)32/h1-16H,17-20H2. The number of benzene rings is 4. The van der Waals surface area contributed by atoms with Gasteiger partial charge in [0.1, 0.15) is 0 Å². The highest BCUT2D eigenvalue weighted by atomic mass is 35.5. The van der Waals surface area contributed by atoms with E-state index in [1.165, 1.54) is 0 Å². The molecule has 178 valence electrons. The molecule has 0 bridgehead atoms. The SMILES string of the molecule is O=C(Cl)CC1(CCC2(CC(=O)Cl)c3ccccc3-c3ccccc32)c2ccccc2-c2ccccc21. The van der Waals surface area contributed by atoms with Crippen LogP contribution in [0.4, 0.5) is 0 Å². The molecule has 2 aliphatic rings. The van der Waals surface area contributed by atoms with E-state index in [4.69, 9.17) is 23.2 Å². The third-order valence-electron chi connectivity index (χ3n) is 8.21. The van der Waals surface area contributed by atoms with Gasteiger partial charge in [-0.15, -0.1) is 0 Å². The molecule has 0 fully saturated rings. The number of rotatable bonds is 7. The Morgan fingerprint density at radius 1 is 0.472 bits per heavy atom. The van der Waals surface area contributed by atoms with Gasteiger partial charge >= 0.3 is 0 Å². The van der Waals surface area contributed by atoms with Gasteiger partial charge in [0.25, 0.3) is 0 Å². The summed E-state index contributed by atoms with van der Waals surface area (Å²) in [5.74, 6) is 0. The maximum absolute atomic E-state index is 12.6. The van der Waals surface area contributed by atoms with Gasteiger partial charge in [-0.05, 0) is 80.6 Å². The minimum absolute atomic E-state index is 0.191. The van der Waals surface area contributed by atoms with Crippen LogP contribution in [0, 0.1) is 0 Å². The second kappa shape index (κ2) is 8.73. The molecule has 0 saturated carbocycles. The first kappa shape index (κ1) is 23.2. The van der Waals surface area contributed by atoms with Gasteiger partial charge in [-0.1, -0.05) is 97.1 Å². The van der Waals surface area contributed by atoms with Crippen molar-refractivity contribution in [1.82, 2.24) is 0 Å². The van der Waals surface area contributed by atoms with Crippen molar-refractivity contribution in [2.75, 3.05) is 0 Å². The van der Waals surface area contributed by atoms with Crippen molar-refractivity contribution >= 4 is 33.7 Å². The molecule has 4 aromatic carbocycles. The molecule has 6 rings (SSSR count). The summed E-state index contributed by atoms with van der Waals surface area (Å²) in [5, 5.41) is -0.729. The first-order chi connectivity index (χ1) is 17.5. The van der Waals surface area contributed by atoms with Crippen LogP contribution in [0.1, 0.15) is 47.9 Å². The van der Waals surface area contributed by atoms with Crippen molar-refractivity contribution in [3.05, 3.63) is 119 Å². The van der Waals surface area contributed by atoms with Crippen LogP contribution >= 0.6 is 23.2 Å². The second-order valence-corrected chi connectivity index (χ2v) is 10.8. The van der Waals surface area contributed by atoms with Crippen molar-refractivity contribution in [2.24, 2.45) is 0 Å². The third kappa shape index (κ3) is 3.39. The highest BCUT2D eigenvalue weighted by molar-refractivity contribution is 6.64. The molecule has 0 radical (unpaired) electrons. The molecule has 0 saturated heterocycles. The summed E-state index contributed by atoms with van der Waals surface area (Å²) >= 11 is 12.3. The van der Waals surface area contributed by atoms with E-state index in [2.05, 4.69) is 48.5 Å². The van der Waals surface area contributed by atoms with E-state index in [0.717, 1.165) is 44.5 Å². The lowest BCUT2D eigenvalue weighted by Crippen LogP contribution is -2.34. The molecule has 0 aromatic heterocycles. The van der Waals surface area contributed by atoms with Gasteiger partial charge in [-0.2, -0.15) is 0 Å². The fourth-order valence-electron chi connectivity index (χ4n) is 6.83. The van der Waals surface area contributed by atoms with Crippen molar-refractivity contribution in [2.45, 2.75) is 36.5 Å². The molecule has 0 spiro atoms. The minimum atomic E-state index is -0.582. The average Bonchev–Trinajstić information content (AvgIpc) is 3.31. The normalized spacial score (nSPS) is 15.5. The molecule has 4 heteroatoms. The van der Waals surface area contributed by atoms with Gasteiger partial charge in [0.2, 0.25) is 10.5 Å². The summed E-state index contributed by atoms with van der Waals surface area (Å²) in [6.45, 7) is 0. The van der Waals surface area contributed by atoms with Crippen LogP contribution in [-0.4, -0.2) is 10.5 Å². The zero-order valence-corrected chi connectivity index (χ0v) is 21.2. The van der Waals surface area contributed by atoms with E-state index in [9.17, 15) is 9.59 Å². The van der Waals surface area contributed by atoms with Crippen LogP contribution in [0.25, 0.3) is 22.3 Å². The summed E-state index contributed by atoms with van der Waals surface area (Å²) < 4.78 is 0. The molecule has 0 N–H and O–H groups in total. The van der Waals surface area contributed by atoms with Crippen molar-refractivity contribution in [3.8, 4) is 22.3 Å². The second-order valence-electron chi connectivity index (χ2n) is 9.91. The largest absolute Gasteiger partial charge is 0.281 e. The van der Waals surface area contributed by atoms with E-state index < -0.39 is 10.8 Å². The topological polar surface area (TPSA) is 34.1 Å². The smallest absolute Gasteiger partial charge is 0.222 e. The van der Waals surface area contributed by atoms with E-state index in [1.54, 1.807) is 0 Å². The van der Waals surface area contributed by atoms with Crippen LogP contribution in [0.3, 0.4) is 0 Å². The lowest BCUT2D eigenvalue weighted by molar-refractivity contribution is -0.113. The summed E-state index contributed by atoms with van der Waals surface area (Å²) in [6.07, 6.45) is 1.67. The van der Waals surface area contributed by atoms with E-state index in [0.29, 0.717) is 12.8 Å². The first-order valence-electron chi connectivity index (χ1n) is 12.2. The fraction of sp³-hybridized carbons (Fsp3) is 0.188. The Kier molecular flexibility index (Phi) is 5.63. The van der Waals surface area contributed by atoms with Crippen molar-refractivity contribution in [3.63, 3.8) is 0 Å². The molecule has 2 aliphatic carbocycles. The minimum Gasteiger partial charge on any atom is -0.281 e. The molecular formula is C32H24Cl2O2. The molecule has 0 atom stereocenters. The Balaban J connectivity index is 1.55. The first-order valence-corrected chi connectivity index (χ1v) is 13.0. The van der Waals surface area contributed by atoms with E-state index >= 15 is 0 Å². The van der Waals surface area contributed by atoms with Gasteiger partial charge in [0.15, 0.2) is 0 Å². The van der Waals surface area contributed by atoms with Crippen LogP contribution in [-0.2, 0) is 20.4 Å². The predicted molar refractivity (Wildman–Crippen MR) is 146 cm³/mol. The monoisotopic (exact) mass is 510 g/mol. The number of hydrogen-bond donors (Lipinski definition) is 0. The maximum Gasteiger partial charge on any atom is 0.222 e. The molecule has 4 aromatic rings. The number of hydrogen-bond acceptors (Lipinski definition) is 2. The van der Waals surface area contributed by atoms with Gasteiger partial charge < -0.3 is 0 Å². The van der Waals surface area contributed by atoms with Crippen LogP contribution in [0.15, 0.2) is 97.1 Å². The lowest BCUT2D eigenvalue weighted by atomic mass is 9.65. The highest BCUT2D eigenvalue weighted by Crippen LogP contribution is 2.58. The predicted octanol–water partition coefficient (Wildman–Crippen LogP) is 8.01. The number of carbonyl (C=O) groups is 2. The Labute approximate surface area is 220 Å². The quantitative estimate of drug-likeness (QED) is 0.236. The molecule has 0 heterocycles. The van der Waals surface area contributed by atoms with Gasteiger partial charge in [0.05, 0.1) is 0 Å². The van der Waals surface area contributed by atoms with Crippen LogP contribution in [0.5, 0.6) is 0 Å². The maximum atomic E-state index is 12.6. The van der Waals surface area contributed by atoms with Crippen molar-refractivity contribution < 1.29 is 9.59 Å². The van der Waals surface area contributed by atoms with Gasteiger partial charge in [-0.25, -0.2) is 0 Å². The Morgan fingerprint density at radius 3 is 0.972 bits per heavy atom. The van der Waals surface area contributed by atoms with Gasteiger partial charge in [-0.3, -0.25) is 9.59 Å². The summed E-state index contributed by atoms with van der Waals surface area (Å²) in [6, 6.07) is 33.2. The Bertz CT molecular complexity index is 1310.